The van der Waals surface area contributed by atoms with E-state index in [0.29, 0.717) is 13.0 Å². The van der Waals surface area contributed by atoms with Crippen LogP contribution in [-0.4, -0.2) is 64.9 Å². The van der Waals surface area contributed by atoms with Gasteiger partial charge in [-0.1, -0.05) is 6.92 Å². The lowest BCUT2D eigenvalue weighted by molar-refractivity contribution is -0.151. The van der Waals surface area contributed by atoms with Crippen molar-refractivity contribution in [2.75, 3.05) is 44.3 Å². The van der Waals surface area contributed by atoms with Gasteiger partial charge in [-0.05, 0) is 26.8 Å². The maximum absolute atomic E-state index is 12.0. The Hall–Kier alpha value is -0.460. The Morgan fingerprint density at radius 2 is 2.00 bits per heavy atom. The molecule has 0 bridgehead atoms. The van der Waals surface area contributed by atoms with Crippen LogP contribution in [0.4, 0.5) is 0 Å². The average Bonchev–Trinajstić information content (AvgIpc) is 2.39. The first kappa shape index (κ1) is 16.6. The van der Waals surface area contributed by atoms with Gasteiger partial charge in [-0.2, -0.15) is 0 Å². The molecular weight excluding hydrogens is 264 g/mol. The standard InChI is InChI=1S/C13H26N2O3S/c1-4-14-13(3,12(16)18-5-2)6-7-15-8-10-19(17)11-9-15/h14H,4-11H2,1-3H3. The van der Waals surface area contributed by atoms with Crippen molar-refractivity contribution in [3.63, 3.8) is 0 Å². The molecule has 0 amide bonds. The SMILES string of the molecule is CCNC(C)(CCN1CCS(=O)CC1)C(=O)OCC. The van der Waals surface area contributed by atoms with Crippen molar-refractivity contribution in [2.45, 2.75) is 32.7 Å². The lowest BCUT2D eigenvalue weighted by Crippen LogP contribution is -2.53. The maximum Gasteiger partial charge on any atom is 0.326 e. The highest BCUT2D eigenvalue weighted by atomic mass is 32.2. The van der Waals surface area contributed by atoms with E-state index in [4.69, 9.17) is 4.74 Å². The Morgan fingerprint density at radius 3 is 2.53 bits per heavy atom. The normalized spacial score (nSPS) is 21.0. The molecule has 1 saturated heterocycles. The Bertz CT molecular complexity index is 315. The van der Waals surface area contributed by atoms with Crippen LogP contribution in [0.15, 0.2) is 0 Å². The Balaban J connectivity index is 2.48. The van der Waals surface area contributed by atoms with E-state index in [1.807, 2.05) is 20.8 Å². The van der Waals surface area contributed by atoms with Crippen LogP contribution in [0, 0.1) is 0 Å². The summed E-state index contributed by atoms with van der Waals surface area (Å²) in [6, 6.07) is 0. The summed E-state index contributed by atoms with van der Waals surface area (Å²) in [4.78, 5) is 14.3. The number of rotatable bonds is 7. The van der Waals surface area contributed by atoms with Gasteiger partial charge >= 0.3 is 5.97 Å². The van der Waals surface area contributed by atoms with Crippen molar-refractivity contribution in [3.05, 3.63) is 0 Å². The Kier molecular flexibility index (Phi) is 6.96. The molecule has 1 heterocycles. The molecule has 0 radical (unpaired) electrons. The summed E-state index contributed by atoms with van der Waals surface area (Å²) in [5.74, 6) is 1.31. The third kappa shape index (κ3) is 5.20. The average molecular weight is 290 g/mol. The van der Waals surface area contributed by atoms with Crippen LogP contribution >= 0.6 is 0 Å². The first-order valence-corrected chi connectivity index (χ1v) is 8.50. The Morgan fingerprint density at radius 1 is 1.37 bits per heavy atom. The van der Waals surface area contributed by atoms with Crippen molar-refractivity contribution in [2.24, 2.45) is 0 Å². The van der Waals surface area contributed by atoms with Crippen molar-refractivity contribution in [1.82, 2.24) is 10.2 Å². The van der Waals surface area contributed by atoms with E-state index >= 15 is 0 Å². The van der Waals surface area contributed by atoms with Crippen LogP contribution in [-0.2, 0) is 20.3 Å². The predicted molar refractivity (Wildman–Crippen MR) is 77.6 cm³/mol. The van der Waals surface area contributed by atoms with Gasteiger partial charge in [0.05, 0.1) is 6.61 Å². The number of ether oxygens (including phenoxy) is 1. The fourth-order valence-electron chi connectivity index (χ4n) is 2.22. The highest BCUT2D eigenvalue weighted by molar-refractivity contribution is 7.85. The third-order valence-electron chi connectivity index (χ3n) is 3.49. The van der Waals surface area contributed by atoms with E-state index in [1.54, 1.807) is 0 Å². The number of hydrogen-bond acceptors (Lipinski definition) is 5. The second kappa shape index (κ2) is 7.97. The lowest BCUT2D eigenvalue weighted by atomic mass is 9.97. The zero-order chi connectivity index (χ0) is 14.3. The second-order valence-electron chi connectivity index (χ2n) is 5.02. The van der Waals surface area contributed by atoms with Crippen LogP contribution < -0.4 is 5.32 Å². The number of nitrogens with zero attached hydrogens (tertiary/aromatic N) is 1. The molecule has 0 aromatic rings. The van der Waals surface area contributed by atoms with Crippen molar-refractivity contribution in [1.29, 1.82) is 0 Å². The molecule has 1 fully saturated rings. The summed E-state index contributed by atoms with van der Waals surface area (Å²) in [7, 11) is -0.650. The smallest absolute Gasteiger partial charge is 0.326 e. The van der Waals surface area contributed by atoms with Gasteiger partial charge in [0.2, 0.25) is 0 Å². The number of esters is 1. The number of carbonyl (C=O) groups is 1. The summed E-state index contributed by atoms with van der Waals surface area (Å²) in [5, 5.41) is 3.23. The van der Waals surface area contributed by atoms with E-state index in [0.717, 1.165) is 37.7 Å². The van der Waals surface area contributed by atoms with Crippen LogP contribution in [0.2, 0.25) is 0 Å². The van der Waals surface area contributed by atoms with Gasteiger partial charge in [0.1, 0.15) is 5.54 Å². The number of hydrogen-bond donors (Lipinski definition) is 1. The van der Waals surface area contributed by atoms with Gasteiger partial charge in [-0.3, -0.25) is 9.00 Å². The van der Waals surface area contributed by atoms with Crippen molar-refractivity contribution >= 4 is 16.8 Å². The summed E-state index contributed by atoms with van der Waals surface area (Å²) >= 11 is 0. The summed E-state index contributed by atoms with van der Waals surface area (Å²) in [5.41, 5.74) is -0.624. The van der Waals surface area contributed by atoms with Crippen LogP contribution in [0.5, 0.6) is 0 Å². The summed E-state index contributed by atoms with van der Waals surface area (Å²) in [6.45, 7) is 9.40. The minimum atomic E-state index is -0.650. The molecule has 112 valence electrons. The number of carbonyl (C=O) groups excluding carboxylic acids is 1. The van der Waals surface area contributed by atoms with E-state index in [2.05, 4.69) is 10.2 Å². The van der Waals surface area contributed by atoms with Gasteiger partial charge in [0.15, 0.2) is 0 Å². The third-order valence-corrected chi connectivity index (χ3v) is 4.77. The molecule has 1 rings (SSSR count). The zero-order valence-corrected chi connectivity index (χ0v) is 13.1. The first-order valence-electron chi connectivity index (χ1n) is 7.01. The van der Waals surface area contributed by atoms with Crippen LogP contribution in [0.3, 0.4) is 0 Å². The van der Waals surface area contributed by atoms with Gasteiger partial charge in [0, 0.05) is 41.9 Å². The number of likely N-dealkylation sites (N-methyl/N-ethyl adjacent to an activating group) is 1. The van der Waals surface area contributed by atoms with Gasteiger partial charge < -0.3 is 15.0 Å². The van der Waals surface area contributed by atoms with Crippen LogP contribution in [0.25, 0.3) is 0 Å². The molecular formula is C13H26N2O3S. The zero-order valence-electron chi connectivity index (χ0n) is 12.2. The molecule has 0 spiro atoms. The molecule has 5 nitrogen and oxygen atoms in total. The molecule has 0 aliphatic carbocycles. The van der Waals surface area contributed by atoms with Crippen molar-refractivity contribution < 1.29 is 13.7 Å². The monoisotopic (exact) mass is 290 g/mol. The minimum Gasteiger partial charge on any atom is -0.465 e. The Labute approximate surface area is 118 Å². The van der Waals surface area contributed by atoms with E-state index in [1.165, 1.54) is 0 Å². The molecule has 19 heavy (non-hydrogen) atoms. The molecule has 0 aromatic carbocycles. The van der Waals surface area contributed by atoms with Gasteiger partial charge in [0.25, 0.3) is 0 Å². The fraction of sp³-hybridized carbons (Fsp3) is 0.923. The lowest BCUT2D eigenvalue weighted by Gasteiger charge is -2.32. The highest BCUT2D eigenvalue weighted by Crippen LogP contribution is 2.14. The van der Waals surface area contributed by atoms with Crippen LogP contribution in [0.1, 0.15) is 27.2 Å². The molecule has 0 saturated carbocycles. The van der Waals surface area contributed by atoms with Gasteiger partial charge in [-0.25, -0.2) is 0 Å². The van der Waals surface area contributed by atoms with Gasteiger partial charge in [-0.15, -0.1) is 0 Å². The fourth-order valence-corrected chi connectivity index (χ4v) is 3.35. The molecule has 1 N–H and O–H groups in total. The van der Waals surface area contributed by atoms with Crippen molar-refractivity contribution in [3.8, 4) is 0 Å². The summed E-state index contributed by atoms with van der Waals surface area (Å²) < 4.78 is 16.5. The predicted octanol–water partition coefficient (Wildman–Crippen LogP) is 0.372. The summed E-state index contributed by atoms with van der Waals surface area (Å²) in [6.07, 6.45) is 0.715. The first-order chi connectivity index (χ1) is 9.01. The van der Waals surface area contributed by atoms with E-state index in [9.17, 15) is 9.00 Å². The van der Waals surface area contributed by atoms with E-state index in [-0.39, 0.29) is 5.97 Å². The highest BCUT2D eigenvalue weighted by Gasteiger charge is 2.34. The molecule has 0 aromatic heterocycles. The molecule has 1 unspecified atom stereocenters. The maximum atomic E-state index is 12.0. The molecule has 1 atom stereocenters. The molecule has 1 aliphatic rings. The molecule has 6 heteroatoms. The number of nitrogens with one attached hydrogen (secondary N) is 1. The second-order valence-corrected chi connectivity index (χ2v) is 6.72. The molecule has 1 aliphatic heterocycles. The van der Waals surface area contributed by atoms with E-state index < -0.39 is 16.3 Å². The largest absolute Gasteiger partial charge is 0.465 e. The topological polar surface area (TPSA) is 58.6 Å². The quantitative estimate of drug-likeness (QED) is 0.687. The minimum absolute atomic E-state index is 0.183.